The Balaban J connectivity index is 4.19. The lowest BCUT2D eigenvalue weighted by Crippen LogP contribution is -2.30. The van der Waals surface area contributed by atoms with E-state index in [-0.39, 0.29) is 18.5 Å². The number of hydrogen-bond donors (Lipinski definition) is 0. The van der Waals surface area contributed by atoms with Crippen molar-refractivity contribution in [3.05, 3.63) is 12.2 Å². The van der Waals surface area contributed by atoms with Crippen molar-refractivity contribution in [1.29, 1.82) is 0 Å². The molecule has 0 radical (unpaired) electrons. The number of carbonyl (C=O) groups is 2. The minimum atomic E-state index is -0.524. The molecular weight excluding hydrogens is 548 g/mol. The predicted molar refractivity (Wildman–Crippen MR) is 187 cm³/mol. The van der Waals surface area contributed by atoms with Gasteiger partial charge in [0.15, 0.2) is 6.10 Å². The Bertz CT molecular complexity index is 632. The van der Waals surface area contributed by atoms with Gasteiger partial charge in [0, 0.05) is 19.4 Å². The third-order valence-electron chi connectivity index (χ3n) is 8.30. The molecule has 44 heavy (non-hydrogen) atoms. The fourth-order valence-electron chi connectivity index (χ4n) is 5.37. The molecule has 0 aromatic carbocycles. The molecule has 0 aliphatic rings. The molecule has 0 aromatic heterocycles. The molecule has 0 spiro atoms. The largest absolute Gasteiger partial charge is 0.462 e. The van der Waals surface area contributed by atoms with Crippen LogP contribution < -0.4 is 0 Å². The normalized spacial score (nSPS) is 12.2. The second-order valence-corrected chi connectivity index (χ2v) is 12.8. The zero-order valence-electron chi connectivity index (χ0n) is 29.7. The maximum atomic E-state index is 12.5. The van der Waals surface area contributed by atoms with E-state index in [0.717, 1.165) is 44.9 Å². The van der Waals surface area contributed by atoms with Gasteiger partial charge in [-0.25, -0.2) is 0 Å². The minimum absolute atomic E-state index is 0.0873. The van der Waals surface area contributed by atoms with Crippen molar-refractivity contribution in [2.24, 2.45) is 0 Å². The second kappa shape index (κ2) is 36.1. The minimum Gasteiger partial charge on any atom is -0.462 e. The van der Waals surface area contributed by atoms with Crippen molar-refractivity contribution < 1.29 is 23.8 Å². The predicted octanol–water partition coefficient (Wildman–Crippen LogP) is 12.0. The maximum Gasteiger partial charge on any atom is 0.306 e. The molecular formula is C39H74O5. The van der Waals surface area contributed by atoms with Gasteiger partial charge in [-0.2, -0.15) is 0 Å². The third-order valence-corrected chi connectivity index (χ3v) is 8.30. The van der Waals surface area contributed by atoms with Crippen LogP contribution in [-0.4, -0.2) is 37.9 Å². The highest BCUT2D eigenvalue weighted by atomic mass is 16.6. The molecule has 0 heterocycles. The molecule has 1 atom stereocenters. The van der Waals surface area contributed by atoms with Crippen LogP contribution in [0.3, 0.4) is 0 Å². The van der Waals surface area contributed by atoms with Gasteiger partial charge >= 0.3 is 11.9 Å². The summed E-state index contributed by atoms with van der Waals surface area (Å²) in [5, 5.41) is 0. The topological polar surface area (TPSA) is 61.8 Å². The van der Waals surface area contributed by atoms with Gasteiger partial charge in [-0.1, -0.05) is 161 Å². The molecule has 0 N–H and O–H groups in total. The summed E-state index contributed by atoms with van der Waals surface area (Å²) < 4.78 is 17.1. The number of carbonyl (C=O) groups excluding carboxylic acids is 2. The number of esters is 2. The smallest absolute Gasteiger partial charge is 0.306 e. The van der Waals surface area contributed by atoms with Crippen molar-refractivity contribution in [3.63, 3.8) is 0 Å². The maximum absolute atomic E-state index is 12.5. The van der Waals surface area contributed by atoms with Gasteiger partial charge in [0.05, 0.1) is 6.61 Å². The Morgan fingerprint density at radius 2 is 0.909 bits per heavy atom. The first-order valence-corrected chi connectivity index (χ1v) is 19.2. The van der Waals surface area contributed by atoms with Crippen molar-refractivity contribution in [3.8, 4) is 0 Å². The first kappa shape index (κ1) is 42.6. The van der Waals surface area contributed by atoms with Crippen molar-refractivity contribution in [2.45, 2.75) is 207 Å². The Labute approximate surface area is 274 Å². The van der Waals surface area contributed by atoms with Gasteiger partial charge in [0.2, 0.25) is 0 Å². The van der Waals surface area contributed by atoms with Gasteiger partial charge in [0.1, 0.15) is 6.61 Å². The van der Waals surface area contributed by atoms with Crippen molar-refractivity contribution in [1.82, 2.24) is 0 Å². The van der Waals surface area contributed by atoms with E-state index >= 15 is 0 Å². The van der Waals surface area contributed by atoms with Gasteiger partial charge in [-0.15, -0.1) is 0 Å². The fraction of sp³-hybridized carbons (Fsp3) is 0.897. The summed E-state index contributed by atoms with van der Waals surface area (Å²) in [5.74, 6) is -0.408. The average molecular weight is 623 g/mol. The standard InChI is InChI=1S/C39H74O5/c1-4-7-10-13-16-18-20-21-24-26-29-32-38(40)43-36-37(44-39(41)33-30-27-23-15-12-9-6-3)35-42-34-31-28-25-22-19-17-14-11-8-5-2/h13,16,37H,4-12,14-15,17-36H2,1-3H3/b16-13-. The van der Waals surface area contributed by atoms with Gasteiger partial charge in [-0.3, -0.25) is 9.59 Å². The number of unbranched alkanes of at least 4 members (excludes halogenated alkanes) is 22. The first-order chi connectivity index (χ1) is 21.6. The van der Waals surface area contributed by atoms with E-state index in [9.17, 15) is 9.59 Å². The van der Waals surface area contributed by atoms with Crippen molar-refractivity contribution in [2.75, 3.05) is 19.8 Å². The summed E-state index contributed by atoms with van der Waals surface area (Å²) in [6.07, 6.45) is 36.3. The molecule has 0 aliphatic carbocycles. The zero-order chi connectivity index (χ0) is 32.2. The lowest BCUT2D eigenvalue weighted by Gasteiger charge is -2.18. The van der Waals surface area contributed by atoms with Gasteiger partial charge in [-0.05, 0) is 38.5 Å². The van der Waals surface area contributed by atoms with Crippen LogP contribution in [0.15, 0.2) is 12.2 Å². The summed E-state index contributed by atoms with van der Waals surface area (Å²) in [4.78, 5) is 24.9. The monoisotopic (exact) mass is 623 g/mol. The summed E-state index contributed by atoms with van der Waals surface area (Å²) in [5.41, 5.74) is 0. The van der Waals surface area contributed by atoms with Crippen LogP contribution in [-0.2, 0) is 23.8 Å². The highest BCUT2D eigenvalue weighted by molar-refractivity contribution is 5.70. The van der Waals surface area contributed by atoms with Crippen LogP contribution in [0.5, 0.6) is 0 Å². The molecule has 0 aliphatic heterocycles. The van der Waals surface area contributed by atoms with Crippen LogP contribution in [0.1, 0.15) is 201 Å². The Morgan fingerprint density at radius 3 is 1.45 bits per heavy atom. The van der Waals surface area contributed by atoms with Crippen molar-refractivity contribution >= 4 is 11.9 Å². The molecule has 5 nitrogen and oxygen atoms in total. The summed E-state index contributed by atoms with van der Waals surface area (Å²) >= 11 is 0. The molecule has 0 bridgehead atoms. The Kier molecular flexibility index (Phi) is 35.0. The summed E-state index contributed by atoms with van der Waals surface area (Å²) in [6.45, 7) is 7.75. The van der Waals surface area contributed by atoms with Gasteiger partial charge < -0.3 is 14.2 Å². The number of allylic oxidation sites excluding steroid dienone is 2. The molecule has 260 valence electrons. The molecule has 5 heteroatoms. The molecule has 1 unspecified atom stereocenters. The van der Waals surface area contributed by atoms with E-state index in [1.807, 2.05) is 0 Å². The number of hydrogen-bond acceptors (Lipinski definition) is 5. The van der Waals surface area contributed by atoms with E-state index in [0.29, 0.717) is 26.1 Å². The van der Waals surface area contributed by atoms with E-state index < -0.39 is 6.10 Å². The molecule has 0 amide bonds. The van der Waals surface area contributed by atoms with E-state index in [1.54, 1.807) is 0 Å². The lowest BCUT2D eigenvalue weighted by molar-refractivity contribution is -0.163. The second-order valence-electron chi connectivity index (χ2n) is 12.8. The number of ether oxygens (including phenoxy) is 3. The summed E-state index contributed by atoms with van der Waals surface area (Å²) in [6, 6.07) is 0. The summed E-state index contributed by atoms with van der Waals surface area (Å²) in [7, 11) is 0. The highest BCUT2D eigenvalue weighted by Crippen LogP contribution is 2.13. The average Bonchev–Trinajstić information content (AvgIpc) is 3.02. The van der Waals surface area contributed by atoms with Crippen LogP contribution in [0, 0.1) is 0 Å². The first-order valence-electron chi connectivity index (χ1n) is 19.2. The van der Waals surface area contributed by atoms with Gasteiger partial charge in [0.25, 0.3) is 0 Å². The molecule has 0 saturated carbocycles. The van der Waals surface area contributed by atoms with E-state index in [4.69, 9.17) is 14.2 Å². The quantitative estimate of drug-likeness (QED) is 0.0400. The SMILES string of the molecule is CCCC/C=C\CCCCCCCC(=O)OCC(COCCCCCCCCCCCC)OC(=O)CCCCCCCCC. The number of rotatable bonds is 35. The molecule has 0 saturated heterocycles. The van der Waals surface area contributed by atoms with Crippen LogP contribution in [0.2, 0.25) is 0 Å². The van der Waals surface area contributed by atoms with E-state index in [1.165, 1.54) is 122 Å². The lowest BCUT2D eigenvalue weighted by atomic mass is 10.1. The third kappa shape index (κ3) is 33.5. The molecule has 0 aromatic rings. The molecule has 0 fully saturated rings. The fourth-order valence-corrected chi connectivity index (χ4v) is 5.37. The Morgan fingerprint density at radius 1 is 0.477 bits per heavy atom. The Hall–Kier alpha value is -1.36. The highest BCUT2D eigenvalue weighted by Gasteiger charge is 2.17. The van der Waals surface area contributed by atoms with Crippen LogP contribution in [0.4, 0.5) is 0 Å². The van der Waals surface area contributed by atoms with E-state index in [2.05, 4.69) is 32.9 Å². The van der Waals surface area contributed by atoms with Crippen LogP contribution >= 0.6 is 0 Å². The zero-order valence-corrected chi connectivity index (χ0v) is 29.7. The van der Waals surface area contributed by atoms with Crippen LogP contribution in [0.25, 0.3) is 0 Å². The molecule has 0 rings (SSSR count).